The van der Waals surface area contributed by atoms with E-state index in [4.69, 9.17) is 4.42 Å². The summed E-state index contributed by atoms with van der Waals surface area (Å²) in [5.41, 5.74) is 1.11. The van der Waals surface area contributed by atoms with Crippen molar-refractivity contribution < 1.29 is 9.34 Å². The number of nitrogens with one attached hydrogen (secondary N) is 1. The molecular formula is C11H11N3O3. The summed E-state index contributed by atoms with van der Waals surface area (Å²) in [6, 6.07) is 5.29. The Morgan fingerprint density at radius 3 is 2.94 bits per heavy atom. The van der Waals surface area contributed by atoms with E-state index >= 15 is 0 Å². The number of anilines is 1. The zero-order chi connectivity index (χ0) is 11.8. The molecule has 6 nitrogen and oxygen atoms in total. The summed E-state index contributed by atoms with van der Waals surface area (Å²) in [4.78, 5) is 14.4. The van der Waals surface area contributed by atoms with Crippen molar-refractivity contribution in [2.24, 2.45) is 0 Å². The maximum atomic E-state index is 10.6. The molecule has 1 aromatic heterocycles. The Kier molecular flexibility index (Phi) is 2.21. The Labute approximate surface area is 96.8 Å². The van der Waals surface area contributed by atoms with Crippen LogP contribution in [0.2, 0.25) is 0 Å². The second-order valence-electron chi connectivity index (χ2n) is 4.20. The standard InChI is InChI=1S/C11H11N3O3/c15-14(16)8-4-5-10-9(6-8)13-11(17-10)12-7-2-1-3-7/h4-7H,1-3H2,(H,12,13). The summed E-state index contributed by atoms with van der Waals surface area (Å²) >= 11 is 0. The highest BCUT2D eigenvalue weighted by Crippen LogP contribution is 2.27. The number of aromatic nitrogens is 1. The van der Waals surface area contributed by atoms with Crippen molar-refractivity contribution in [1.29, 1.82) is 0 Å². The maximum absolute atomic E-state index is 10.6. The van der Waals surface area contributed by atoms with Gasteiger partial charge in [0.15, 0.2) is 5.58 Å². The Bertz CT molecular complexity index is 574. The largest absolute Gasteiger partial charge is 0.424 e. The van der Waals surface area contributed by atoms with Crippen molar-refractivity contribution in [2.75, 3.05) is 5.32 Å². The van der Waals surface area contributed by atoms with E-state index in [2.05, 4.69) is 10.3 Å². The molecular weight excluding hydrogens is 222 g/mol. The number of nitro benzene ring substituents is 1. The molecule has 1 fully saturated rings. The fourth-order valence-electron chi connectivity index (χ4n) is 1.82. The Morgan fingerprint density at radius 1 is 1.47 bits per heavy atom. The van der Waals surface area contributed by atoms with E-state index in [0.29, 0.717) is 23.2 Å². The summed E-state index contributed by atoms with van der Waals surface area (Å²) in [6.45, 7) is 0. The molecule has 88 valence electrons. The van der Waals surface area contributed by atoms with E-state index in [-0.39, 0.29) is 5.69 Å². The third-order valence-corrected chi connectivity index (χ3v) is 3.01. The number of nitrogens with zero attached hydrogens (tertiary/aromatic N) is 2. The van der Waals surface area contributed by atoms with Gasteiger partial charge < -0.3 is 9.73 Å². The van der Waals surface area contributed by atoms with Gasteiger partial charge in [-0.1, -0.05) is 0 Å². The lowest BCUT2D eigenvalue weighted by Gasteiger charge is -2.25. The minimum Gasteiger partial charge on any atom is -0.424 e. The van der Waals surface area contributed by atoms with Crippen LogP contribution in [-0.2, 0) is 0 Å². The predicted molar refractivity (Wildman–Crippen MR) is 61.9 cm³/mol. The number of nitro groups is 1. The van der Waals surface area contributed by atoms with Crippen LogP contribution in [0.5, 0.6) is 0 Å². The first-order valence-corrected chi connectivity index (χ1v) is 5.54. The summed E-state index contributed by atoms with van der Waals surface area (Å²) in [6.07, 6.45) is 3.47. The Morgan fingerprint density at radius 2 is 2.29 bits per heavy atom. The van der Waals surface area contributed by atoms with Gasteiger partial charge in [-0.2, -0.15) is 4.98 Å². The van der Waals surface area contributed by atoms with Crippen LogP contribution >= 0.6 is 0 Å². The summed E-state index contributed by atoms with van der Waals surface area (Å²) < 4.78 is 5.46. The molecule has 17 heavy (non-hydrogen) atoms. The minimum absolute atomic E-state index is 0.0287. The number of hydrogen-bond acceptors (Lipinski definition) is 5. The van der Waals surface area contributed by atoms with Gasteiger partial charge in [-0.15, -0.1) is 0 Å². The van der Waals surface area contributed by atoms with Crippen LogP contribution in [0.3, 0.4) is 0 Å². The first-order chi connectivity index (χ1) is 8.22. The highest BCUT2D eigenvalue weighted by atomic mass is 16.6. The van der Waals surface area contributed by atoms with Crippen LogP contribution in [0.15, 0.2) is 22.6 Å². The fourth-order valence-corrected chi connectivity index (χ4v) is 1.82. The fraction of sp³-hybridized carbons (Fsp3) is 0.364. The highest BCUT2D eigenvalue weighted by molar-refractivity contribution is 5.77. The molecule has 1 saturated carbocycles. The number of fused-ring (bicyclic) bond motifs is 1. The quantitative estimate of drug-likeness (QED) is 0.651. The average molecular weight is 233 g/mol. The maximum Gasteiger partial charge on any atom is 0.295 e. The van der Waals surface area contributed by atoms with Gasteiger partial charge in [0.1, 0.15) is 5.52 Å². The van der Waals surface area contributed by atoms with Crippen molar-refractivity contribution in [3.8, 4) is 0 Å². The predicted octanol–water partition coefficient (Wildman–Crippen LogP) is 2.70. The number of rotatable bonds is 3. The molecule has 2 aromatic rings. The zero-order valence-electron chi connectivity index (χ0n) is 9.05. The van der Waals surface area contributed by atoms with Crippen LogP contribution in [0, 0.1) is 10.1 Å². The molecule has 0 radical (unpaired) electrons. The van der Waals surface area contributed by atoms with Gasteiger partial charge in [-0.25, -0.2) is 0 Å². The molecule has 0 spiro atoms. The molecule has 1 aliphatic carbocycles. The van der Waals surface area contributed by atoms with E-state index in [1.54, 1.807) is 6.07 Å². The molecule has 1 heterocycles. The van der Waals surface area contributed by atoms with Gasteiger partial charge in [-0.05, 0) is 25.3 Å². The number of benzene rings is 1. The van der Waals surface area contributed by atoms with Gasteiger partial charge in [0, 0.05) is 18.2 Å². The third kappa shape index (κ3) is 1.82. The lowest BCUT2D eigenvalue weighted by Crippen LogP contribution is -2.26. The van der Waals surface area contributed by atoms with Crippen molar-refractivity contribution in [1.82, 2.24) is 4.98 Å². The molecule has 0 unspecified atom stereocenters. The van der Waals surface area contributed by atoms with Crippen LogP contribution in [-0.4, -0.2) is 15.9 Å². The van der Waals surface area contributed by atoms with E-state index in [0.717, 1.165) is 12.8 Å². The van der Waals surface area contributed by atoms with Gasteiger partial charge in [0.05, 0.1) is 4.92 Å². The molecule has 0 atom stereocenters. The zero-order valence-corrected chi connectivity index (χ0v) is 9.05. The van der Waals surface area contributed by atoms with Crippen molar-refractivity contribution in [3.63, 3.8) is 0 Å². The normalized spacial score (nSPS) is 15.8. The Hall–Kier alpha value is -2.11. The van der Waals surface area contributed by atoms with E-state index in [9.17, 15) is 10.1 Å². The summed E-state index contributed by atoms with van der Waals surface area (Å²) in [5.74, 6) is 0. The van der Waals surface area contributed by atoms with Crippen molar-refractivity contribution in [3.05, 3.63) is 28.3 Å². The molecule has 1 aliphatic rings. The van der Waals surface area contributed by atoms with Crippen molar-refractivity contribution in [2.45, 2.75) is 25.3 Å². The first-order valence-electron chi connectivity index (χ1n) is 5.54. The monoisotopic (exact) mass is 233 g/mol. The van der Waals surface area contributed by atoms with E-state index in [1.807, 2.05) is 0 Å². The second-order valence-corrected chi connectivity index (χ2v) is 4.20. The van der Waals surface area contributed by atoms with Gasteiger partial charge in [0.25, 0.3) is 11.7 Å². The molecule has 0 bridgehead atoms. The lowest BCUT2D eigenvalue weighted by atomic mass is 9.93. The SMILES string of the molecule is O=[N+]([O-])c1ccc2oc(NC3CCC3)nc2c1. The summed E-state index contributed by atoms with van der Waals surface area (Å²) in [5, 5.41) is 13.8. The molecule has 0 amide bonds. The van der Waals surface area contributed by atoms with Gasteiger partial charge in [-0.3, -0.25) is 10.1 Å². The van der Waals surface area contributed by atoms with Crippen LogP contribution in [0.4, 0.5) is 11.7 Å². The molecule has 0 aliphatic heterocycles. The minimum atomic E-state index is -0.437. The van der Waals surface area contributed by atoms with E-state index in [1.165, 1.54) is 18.6 Å². The van der Waals surface area contributed by atoms with Crippen LogP contribution in [0.1, 0.15) is 19.3 Å². The van der Waals surface area contributed by atoms with Crippen LogP contribution in [0.25, 0.3) is 11.1 Å². The Balaban J connectivity index is 1.91. The second kappa shape index (κ2) is 3.73. The molecule has 1 aromatic carbocycles. The molecule has 1 N–H and O–H groups in total. The van der Waals surface area contributed by atoms with Gasteiger partial charge >= 0.3 is 0 Å². The highest BCUT2D eigenvalue weighted by Gasteiger charge is 2.19. The number of oxazole rings is 1. The van der Waals surface area contributed by atoms with Gasteiger partial charge in [0.2, 0.25) is 0 Å². The van der Waals surface area contributed by atoms with Crippen molar-refractivity contribution >= 4 is 22.8 Å². The topological polar surface area (TPSA) is 81.2 Å². The molecule has 6 heteroatoms. The van der Waals surface area contributed by atoms with E-state index < -0.39 is 4.92 Å². The summed E-state index contributed by atoms with van der Waals surface area (Å²) in [7, 11) is 0. The smallest absolute Gasteiger partial charge is 0.295 e. The average Bonchev–Trinajstić information content (AvgIpc) is 2.64. The van der Waals surface area contributed by atoms with Crippen LogP contribution < -0.4 is 5.32 Å². The molecule has 3 rings (SSSR count). The lowest BCUT2D eigenvalue weighted by molar-refractivity contribution is -0.384. The third-order valence-electron chi connectivity index (χ3n) is 3.01. The first kappa shape index (κ1) is 10.1. The number of non-ortho nitro benzene ring substituents is 1. The molecule has 0 saturated heterocycles. The number of hydrogen-bond donors (Lipinski definition) is 1.